The van der Waals surface area contributed by atoms with Gasteiger partial charge in [0.15, 0.2) is 0 Å². The Bertz CT molecular complexity index is 99.1. The molecule has 0 aliphatic heterocycles. The number of nitrogens with one attached hydrogen (secondary N) is 1. The molecule has 0 amide bonds. The molecule has 2 N–H and O–H groups in total. The average Bonchev–Trinajstić information content (AvgIpc) is 2.16. The van der Waals surface area contributed by atoms with Gasteiger partial charge in [0.25, 0.3) is 0 Å². The maximum absolute atomic E-state index is 8.79. The Balaban J connectivity index is 3.08. The van der Waals surface area contributed by atoms with Gasteiger partial charge in [0.05, 0.1) is 0 Å². The molecule has 0 fully saturated rings. The fraction of sp³-hybridized carbons (Fsp3) is 1.00. The zero-order valence-corrected chi connectivity index (χ0v) is 9.86. The van der Waals surface area contributed by atoms with E-state index in [2.05, 4.69) is 19.2 Å². The summed E-state index contributed by atoms with van der Waals surface area (Å²) in [4.78, 5) is 0. The third-order valence-electron chi connectivity index (χ3n) is 2.13. The van der Waals surface area contributed by atoms with E-state index >= 15 is 0 Å². The second-order valence-corrected chi connectivity index (χ2v) is 4.84. The Morgan fingerprint density at radius 1 is 1.38 bits per heavy atom. The van der Waals surface area contributed by atoms with Crippen LogP contribution in [-0.2, 0) is 0 Å². The standard InChI is InChI=1S/C10H23NOS/c1-9(7-12)8-13-6-4-5-10(2)11-3/h9-12H,4-8H2,1-3H3. The molecule has 0 aromatic carbocycles. The van der Waals surface area contributed by atoms with Gasteiger partial charge in [0.2, 0.25) is 0 Å². The van der Waals surface area contributed by atoms with Crippen LogP contribution in [0.4, 0.5) is 0 Å². The predicted octanol–water partition coefficient (Wildman–Crippen LogP) is 1.74. The molecule has 0 aromatic rings. The molecule has 2 nitrogen and oxygen atoms in total. The Labute approximate surface area is 86.5 Å². The van der Waals surface area contributed by atoms with E-state index in [1.54, 1.807) is 0 Å². The molecule has 0 heterocycles. The van der Waals surface area contributed by atoms with Crippen molar-refractivity contribution < 1.29 is 5.11 Å². The quantitative estimate of drug-likeness (QED) is 0.592. The average molecular weight is 205 g/mol. The van der Waals surface area contributed by atoms with Crippen molar-refractivity contribution in [2.24, 2.45) is 5.92 Å². The first-order valence-electron chi connectivity index (χ1n) is 5.06. The van der Waals surface area contributed by atoms with Gasteiger partial charge in [0.1, 0.15) is 0 Å². The maximum atomic E-state index is 8.79. The molecule has 0 bridgehead atoms. The van der Waals surface area contributed by atoms with Gasteiger partial charge in [-0.3, -0.25) is 0 Å². The summed E-state index contributed by atoms with van der Waals surface area (Å²) in [5.74, 6) is 2.76. The fourth-order valence-electron chi connectivity index (χ4n) is 0.973. The first-order chi connectivity index (χ1) is 6.20. The van der Waals surface area contributed by atoms with Crippen LogP contribution >= 0.6 is 11.8 Å². The van der Waals surface area contributed by atoms with E-state index in [-0.39, 0.29) is 0 Å². The van der Waals surface area contributed by atoms with Crippen molar-refractivity contribution in [1.29, 1.82) is 0 Å². The molecule has 0 radical (unpaired) electrons. The third-order valence-corrected chi connectivity index (χ3v) is 3.51. The lowest BCUT2D eigenvalue weighted by Gasteiger charge is -2.10. The molecule has 0 saturated carbocycles. The van der Waals surface area contributed by atoms with Crippen LogP contribution in [0, 0.1) is 5.92 Å². The first kappa shape index (κ1) is 13.3. The predicted molar refractivity (Wildman–Crippen MR) is 61.3 cm³/mol. The van der Waals surface area contributed by atoms with E-state index in [1.165, 1.54) is 18.6 Å². The normalized spacial score (nSPS) is 15.7. The maximum Gasteiger partial charge on any atom is 0.0464 e. The molecule has 0 aliphatic rings. The van der Waals surface area contributed by atoms with Crippen molar-refractivity contribution in [1.82, 2.24) is 5.32 Å². The molecule has 0 spiro atoms. The van der Waals surface area contributed by atoms with Crippen LogP contribution in [-0.4, -0.2) is 36.3 Å². The minimum absolute atomic E-state index is 0.319. The molecular formula is C10H23NOS. The van der Waals surface area contributed by atoms with Crippen LogP contribution < -0.4 is 5.32 Å². The summed E-state index contributed by atoms with van der Waals surface area (Å²) in [5.41, 5.74) is 0. The summed E-state index contributed by atoms with van der Waals surface area (Å²) in [7, 11) is 2.01. The number of rotatable bonds is 8. The molecular weight excluding hydrogens is 182 g/mol. The summed E-state index contributed by atoms with van der Waals surface area (Å²) in [6, 6.07) is 0.635. The van der Waals surface area contributed by atoms with Crippen molar-refractivity contribution >= 4 is 11.8 Å². The van der Waals surface area contributed by atoms with E-state index in [0.29, 0.717) is 18.6 Å². The van der Waals surface area contributed by atoms with Gasteiger partial charge in [0, 0.05) is 12.6 Å². The van der Waals surface area contributed by atoms with Gasteiger partial charge in [-0.05, 0) is 44.2 Å². The fourth-order valence-corrected chi connectivity index (χ4v) is 2.02. The zero-order chi connectivity index (χ0) is 10.1. The number of hydrogen-bond acceptors (Lipinski definition) is 3. The van der Waals surface area contributed by atoms with Crippen molar-refractivity contribution in [3.63, 3.8) is 0 Å². The van der Waals surface area contributed by atoms with Crippen LogP contribution in [0.15, 0.2) is 0 Å². The van der Waals surface area contributed by atoms with Crippen LogP contribution in [0.3, 0.4) is 0 Å². The zero-order valence-electron chi connectivity index (χ0n) is 9.05. The molecule has 0 aliphatic carbocycles. The summed E-state index contributed by atoms with van der Waals surface area (Å²) in [6.45, 7) is 4.62. The molecule has 2 atom stereocenters. The lowest BCUT2D eigenvalue weighted by Crippen LogP contribution is -2.20. The smallest absolute Gasteiger partial charge is 0.0464 e. The van der Waals surface area contributed by atoms with Crippen LogP contribution in [0.1, 0.15) is 26.7 Å². The number of thioether (sulfide) groups is 1. The molecule has 2 unspecified atom stereocenters. The molecule has 0 saturated heterocycles. The number of hydrogen-bond donors (Lipinski definition) is 2. The first-order valence-corrected chi connectivity index (χ1v) is 6.22. The molecule has 3 heteroatoms. The minimum atomic E-state index is 0.319. The molecule has 80 valence electrons. The van der Waals surface area contributed by atoms with Crippen LogP contribution in [0.25, 0.3) is 0 Å². The Hall–Kier alpha value is 0.270. The van der Waals surface area contributed by atoms with Gasteiger partial charge in [-0.25, -0.2) is 0 Å². The Kier molecular flexibility index (Phi) is 9.03. The van der Waals surface area contributed by atoms with E-state index in [4.69, 9.17) is 5.11 Å². The highest BCUT2D eigenvalue weighted by molar-refractivity contribution is 7.99. The second-order valence-electron chi connectivity index (χ2n) is 3.69. The van der Waals surface area contributed by atoms with Crippen LogP contribution in [0.2, 0.25) is 0 Å². The van der Waals surface area contributed by atoms with Crippen molar-refractivity contribution in [2.45, 2.75) is 32.7 Å². The third kappa shape index (κ3) is 8.60. The highest BCUT2D eigenvalue weighted by atomic mass is 32.2. The van der Waals surface area contributed by atoms with Gasteiger partial charge < -0.3 is 10.4 Å². The van der Waals surface area contributed by atoms with E-state index < -0.39 is 0 Å². The summed E-state index contributed by atoms with van der Waals surface area (Å²) in [6.07, 6.45) is 2.52. The molecule has 0 aromatic heterocycles. The monoisotopic (exact) mass is 205 g/mol. The van der Waals surface area contributed by atoms with Crippen molar-refractivity contribution in [3.05, 3.63) is 0 Å². The van der Waals surface area contributed by atoms with Crippen molar-refractivity contribution in [3.8, 4) is 0 Å². The molecule has 13 heavy (non-hydrogen) atoms. The largest absolute Gasteiger partial charge is 0.396 e. The molecule has 0 rings (SSSR count). The lowest BCUT2D eigenvalue weighted by atomic mass is 10.2. The lowest BCUT2D eigenvalue weighted by molar-refractivity contribution is 0.250. The Morgan fingerprint density at radius 2 is 2.08 bits per heavy atom. The van der Waals surface area contributed by atoms with Crippen molar-refractivity contribution in [2.75, 3.05) is 25.2 Å². The van der Waals surface area contributed by atoms with Gasteiger partial charge in [-0.2, -0.15) is 11.8 Å². The van der Waals surface area contributed by atoms with Crippen LogP contribution in [0.5, 0.6) is 0 Å². The topological polar surface area (TPSA) is 32.3 Å². The highest BCUT2D eigenvalue weighted by Gasteiger charge is 2.00. The SMILES string of the molecule is CNC(C)CCCSCC(C)CO. The number of aliphatic hydroxyl groups is 1. The van der Waals surface area contributed by atoms with E-state index in [9.17, 15) is 0 Å². The van der Waals surface area contributed by atoms with Gasteiger partial charge in [-0.15, -0.1) is 0 Å². The number of aliphatic hydroxyl groups excluding tert-OH is 1. The summed E-state index contributed by atoms with van der Waals surface area (Å²) in [5, 5.41) is 12.0. The van der Waals surface area contributed by atoms with Gasteiger partial charge >= 0.3 is 0 Å². The Morgan fingerprint density at radius 3 is 2.62 bits per heavy atom. The van der Waals surface area contributed by atoms with E-state index in [0.717, 1.165) is 5.75 Å². The summed E-state index contributed by atoms with van der Waals surface area (Å²) < 4.78 is 0. The minimum Gasteiger partial charge on any atom is -0.396 e. The second kappa shape index (κ2) is 8.85. The summed E-state index contributed by atoms with van der Waals surface area (Å²) >= 11 is 1.95. The highest BCUT2D eigenvalue weighted by Crippen LogP contribution is 2.10. The van der Waals surface area contributed by atoms with Gasteiger partial charge in [-0.1, -0.05) is 6.92 Å². The van der Waals surface area contributed by atoms with E-state index in [1.807, 2.05) is 18.8 Å².